The van der Waals surface area contributed by atoms with Crippen LogP contribution >= 0.6 is 0 Å². The molecule has 0 fully saturated rings. The Labute approximate surface area is 114 Å². The Morgan fingerprint density at radius 1 is 1.32 bits per heavy atom. The van der Waals surface area contributed by atoms with Crippen molar-refractivity contribution in [2.75, 3.05) is 13.2 Å². The van der Waals surface area contributed by atoms with Gasteiger partial charge in [0.2, 0.25) is 0 Å². The summed E-state index contributed by atoms with van der Waals surface area (Å²) < 4.78 is 7.93. The van der Waals surface area contributed by atoms with E-state index in [0.29, 0.717) is 13.2 Å². The average molecular weight is 261 g/mol. The molecule has 1 heterocycles. The number of para-hydroxylation sites is 2. The number of fused-ring (bicyclic) bond motifs is 1. The van der Waals surface area contributed by atoms with Crippen LogP contribution in [0.5, 0.6) is 0 Å². The summed E-state index contributed by atoms with van der Waals surface area (Å²) in [4.78, 5) is 4.72. The minimum absolute atomic E-state index is 0.0539. The van der Waals surface area contributed by atoms with E-state index in [1.54, 1.807) is 0 Å². The first-order valence-electron chi connectivity index (χ1n) is 7.05. The molecule has 19 heavy (non-hydrogen) atoms. The molecule has 4 heteroatoms. The van der Waals surface area contributed by atoms with Gasteiger partial charge in [-0.05, 0) is 25.5 Å². The van der Waals surface area contributed by atoms with E-state index in [4.69, 9.17) is 15.5 Å². The SMILES string of the molecule is CCCc1nc2ccccc2n1CC(CN)OCC. The molecule has 0 aliphatic heterocycles. The minimum Gasteiger partial charge on any atom is -0.375 e. The molecule has 0 amide bonds. The highest BCUT2D eigenvalue weighted by Gasteiger charge is 2.14. The van der Waals surface area contributed by atoms with E-state index in [-0.39, 0.29) is 6.10 Å². The van der Waals surface area contributed by atoms with E-state index in [0.717, 1.165) is 30.7 Å². The van der Waals surface area contributed by atoms with E-state index >= 15 is 0 Å². The third-order valence-corrected chi connectivity index (χ3v) is 3.26. The third kappa shape index (κ3) is 3.14. The van der Waals surface area contributed by atoms with Crippen LogP contribution in [0.2, 0.25) is 0 Å². The molecular weight excluding hydrogens is 238 g/mol. The molecule has 1 atom stereocenters. The molecule has 0 saturated heterocycles. The zero-order valence-electron chi connectivity index (χ0n) is 11.8. The number of ether oxygens (including phenoxy) is 1. The third-order valence-electron chi connectivity index (χ3n) is 3.26. The summed E-state index contributed by atoms with van der Waals surface area (Å²) in [5.74, 6) is 1.13. The summed E-state index contributed by atoms with van der Waals surface area (Å²) in [6.45, 7) is 6.18. The molecule has 0 spiro atoms. The summed E-state index contributed by atoms with van der Waals surface area (Å²) in [5, 5.41) is 0. The lowest BCUT2D eigenvalue weighted by molar-refractivity contribution is 0.0570. The van der Waals surface area contributed by atoms with Crippen molar-refractivity contribution in [3.63, 3.8) is 0 Å². The number of benzene rings is 1. The molecule has 2 N–H and O–H groups in total. The minimum atomic E-state index is 0.0539. The highest BCUT2D eigenvalue weighted by Crippen LogP contribution is 2.18. The second-order valence-electron chi connectivity index (χ2n) is 4.69. The Morgan fingerprint density at radius 3 is 2.79 bits per heavy atom. The number of hydrogen-bond acceptors (Lipinski definition) is 3. The number of aryl methyl sites for hydroxylation is 1. The number of nitrogens with zero attached hydrogens (tertiary/aromatic N) is 2. The summed E-state index contributed by atoms with van der Waals surface area (Å²) >= 11 is 0. The standard InChI is InChI=1S/C15H23N3O/c1-3-7-15-17-13-8-5-6-9-14(13)18(15)11-12(10-16)19-4-2/h5-6,8-9,12H,3-4,7,10-11,16H2,1-2H3. The van der Waals surface area contributed by atoms with Crippen molar-refractivity contribution in [2.45, 2.75) is 39.3 Å². The van der Waals surface area contributed by atoms with Crippen LogP contribution < -0.4 is 5.73 Å². The van der Waals surface area contributed by atoms with Gasteiger partial charge in [0, 0.05) is 19.6 Å². The van der Waals surface area contributed by atoms with Gasteiger partial charge in [0.15, 0.2) is 0 Å². The van der Waals surface area contributed by atoms with E-state index in [1.807, 2.05) is 19.1 Å². The number of hydrogen-bond donors (Lipinski definition) is 1. The average Bonchev–Trinajstić information content (AvgIpc) is 2.77. The monoisotopic (exact) mass is 261 g/mol. The molecule has 0 radical (unpaired) electrons. The highest BCUT2D eigenvalue weighted by atomic mass is 16.5. The number of aromatic nitrogens is 2. The Morgan fingerprint density at radius 2 is 2.11 bits per heavy atom. The predicted molar refractivity (Wildman–Crippen MR) is 78.2 cm³/mol. The van der Waals surface area contributed by atoms with Gasteiger partial charge >= 0.3 is 0 Å². The topological polar surface area (TPSA) is 53.1 Å². The first-order valence-corrected chi connectivity index (χ1v) is 7.05. The lowest BCUT2D eigenvalue weighted by Crippen LogP contribution is -2.29. The molecule has 4 nitrogen and oxygen atoms in total. The van der Waals surface area contributed by atoms with Crippen molar-refractivity contribution in [3.05, 3.63) is 30.1 Å². The van der Waals surface area contributed by atoms with Crippen LogP contribution in [0.3, 0.4) is 0 Å². The van der Waals surface area contributed by atoms with Crippen LogP contribution in [0.4, 0.5) is 0 Å². The zero-order valence-corrected chi connectivity index (χ0v) is 11.8. The van der Waals surface area contributed by atoms with Crippen molar-refractivity contribution in [2.24, 2.45) is 5.73 Å². The first-order chi connectivity index (χ1) is 9.30. The second-order valence-corrected chi connectivity index (χ2v) is 4.69. The van der Waals surface area contributed by atoms with Crippen molar-refractivity contribution < 1.29 is 4.74 Å². The van der Waals surface area contributed by atoms with Crippen LogP contribution in [-0.2, 0) is 17.7 Å². The normalized spacial score (nSPS) is 13.0. The summed E-state index contributed by atoms with van der Waals surface area (Å²) in [5.41, 5.74) is 8.01. The Kier molecular flexibility index (Phi) is 4.93. The van der Waals surface area contributed by atoms with Crippen molar-refractivity contribution in [1.29, 1.82) is 0 Å². The largest absolute Gasteiger partial charge is 0.375 e. The van der Waals surface area contributed by atoms with Gasteiger partial charge in [0.05, 0.1) is 23.7 Å². The van der Waals surface area contributed by atoms with Gasteiger partial charge in [-0.15, -0.1) is 0 Å². The van der Waals surface area contributed by atoms with E-state index < -0.39 is 0 Å². The van der Waals surface area contributed by atoms with Gasteiger partial charge in [-0.3, -0.25) is 0 Å². The molecule has 0 aliphatic carbocycles. The van der Waals surface area contributed by atoms with E-state index in [2.05, 4.69) is 23.6 Å². The van der Waals surface area contributed by atoms with Crippen molar-refractivity contribution in [3.8, 4) is 0 Å². The number of imidazole rings is 1. The van der Waals surface area contributed by atoms with Gasteiger partial charge in [-0.2, -0.15) is 0 Å². The fourth-order valence-electron chi connectivity index (χ4n) is 2.38. The second kappa shape index (κ2) is 6.68. The molecule has 1 aromatic heterocycles. The molecule has 0 bridgehead atoms. The summed E-state index contributed by atoms with van der Waals surface area (Å²) in [7, 11) is 0. The fourth-order valence-corrected chi connectivity index (χ4v) is 2.38. The predicted octanol–water partition coefficient (Wildman–Crippen LogP) is 2.35. The molecule has 1 unspecified atom stereocenters. The molecule has 104 valence electrons. The Bertz CT molecular complexity index is 521. The maximum absolute atomic E-state index is 5.78. The van der Waals surface area contributed by atoms with Crippen LogP contribution in [0, 0.1) is 0 Å². The first kappa shape index (κ1) is 14.0. The summed E-state index contributed by atoms with van der Waals surface area (Å²) in [6.07, 6.45) is 2.13. The summed E-state index contributed by atoms with van der Waals surface area (Å²) in [6, 6.07) is 8.25. The van der Waals surface area contributed by atoms with Gasteiger partial charge in [-0.1, -0.05) is 19.1 Å². The quantitative estimate of drug-likeness (QED) is 0.832. The molecule has 0 aliphatic rings. The Hall–Kier alpha value is -1.39. The lowest BCUT2D eigenvalue weighted by atomic mass is 10.2. The molecule has 2 aromatic rings. The van der Waals surface area contributed by atoms with Crippen molar-refractivity contribution >= 4 is 11.0 Å². The molecule has 1 aromatic carbocycles. The van der Waals surface area contributed by atoms with E-state index in [9.17, 15) is 0 Å². The molecule has 2 rings (SSSR count). The fraction of sp³-hybridized carbons (Fsp3) is 0.533. The van der Waals surface area contributed by atoms with Crippen LogP contribution in [0.1, 0.15) is 26.1 Å². The van der Waals surface area contributed by atoms with Crippen LogP contribution in [0.25, 0.3) is 11.0 Å². The highest BCUT2D eigenvalue weighted by molar-refractivity contribution is 5.75. The van der Waals surface area contributed by atoms with Crippen LogP contribution in [-0.4, -0.2) is 28.8 Å². The van der Waals surface area contributed by atoms with E-state index in [1.165, 1.54) is 5.52 Å². The smallest absolute Gasteiger partial charge is 0.109 e. The van der Waals surface area contributed by atoms with Gasteiger partial charge in [-0.25, -0.2) is 4.98 Å². The van der Waals surface area contributed by atoms with Crippen LogP contribution in [0.15, 0.2) is 24.3 Å². The van der Waals surface area contributed by atoms with Gasteiger partial charge in [0.1, 0.15) is 5.82 Å². The number of rotatable bonds is 7. The Balaban J connectivity index is 2.35. The zero-order chi connectivity index (χ0) is 13.7. The number of nitrogens with two attached hydrogens (primary N) is 1. The van der Waals surface area contributed by atoms with Gasteiger partial charge < -0.3 is 15.0 Å². The molecular formula is C15H23N3O. The maximum Gasteiger partial charge on any atom is 0.109 e. The van der Waals surface area contributed by atoms with Crippen molar-refractivity contribution in [1.82, 2.24) is 9.55 Å². The molecule has 0 saturated carbocycles. The lowest BCUT2D eigenvalue weighted by Gasteiger charge is -2.17. The maximum atomic E-state index is 5.78. The van der Waals surface area contributed by atoms with Gasteiger partial charge in [0.25, 0.3) is 0 Å².